The van der Waals surface area contributed by atoms with Gasteiger partial charge in [-0.1, -0.05) is 0 Å². The van der Waals surface area contributed by atoms with Crippen LogP contribution in [0.3, 0.4) is 0 Å². The summed E-state index contributed by atoms with van der Waals surface area (Å²) in [5.74, 6) is 0.154. The maximum Gasteiger partial charge on any atom is 0.252 e. The molecule has 2 heterocycles. The number of piperidine rings is 1. The van der Waals surface area contributed by atoms with Gasteiger partial charge in [0.2, 0.25) is 10.0 Å². The molecule has 1 saturated heterocycles. The molecule has 1 amide bonds. The van der Waals surface area contributed by atoms with Gasteiger partial charge >= 0.3 is 0 Å². The molecular weight excluding hydrogens is 358 g/mol. The second-order valence-corrected chi connectivity index (χ2v) is 8.11. The number of carbonyl (C=O) groups excluding carboxylic acids is 1. The van der Waals surface area contributed by atoms with Crippen LogP contribution in [0.25, 0.3) is 0 Å². The van der Waals surface area contributed by atoms with Crippen molar-refractivity contribution in [3.63, 3.8) is 0 Å². The largest absolute Gasteiger partial charge is 0.352 e. The molecular formula is C13H18BrN3O3S. The molecule has 0 spiro atoms. The molecule has 0 saturated carbocycles. The number of pyridine rings is 1. The van der Waals surface area contributed by atoms with Crippen LogP contribution in [0.15, 0.2) is 22.9 Å². The predicted molar refractivity (Wildman–Crippen MR) is 83.4 cm³/mol. The van der Waals surface area contributed by atoms with Crippen LogP contribution in [0.1, 0.15) is 23.2 Å². The van der Waals surface area contributed by atoms with Crippen molar-refractivity contribution in [2.45, 2.75) is 12.8 Å². The van der Waals surface area contributed by atoms with Gasteiger partial charge in [-0.15, -0.1) is 0 Å². The van der Waals surface area contributed by atoms with Crippen molar-refractivity contribution >= 4 is 31.9 Å². The number of halogens is 1. The third-order valence-electron chi connectivity index (χ3n) is 3.56. The number of aromatic nitrogens is 1. The summed E-state index contributed by atoms with van der Waals surface area (Å²) in [6.45, 7) is 1.61. The first-order chi connectivity index (χ1) is 9.86. The zero-order chi connectivity index (χ0) is 15.5. The number of hydrogen-bond acceptors (Lipinski definition) is 4. The Morgan fingerprint density at radius 1 is 1.43 bits per heavy atom. The number of amides is 1. The van der Waals surface area contributed by atoms with Crippen LogP contribution in [-0.2, 0) is 10.0 Å². The van der Waals surface area contributed by atoms with E-state index in [1.165, 1.54) is 16.8 Å². The van der Waals surface area contributed by atoms with E-state index in [2.05, 4.69) is 26.2 Å². The van der Waals surface area contributed by atoms with E-state index in [-0.39, 0.29) is 5.91 Å². The minimum absolute atomic E-state index is 0.158. The number of rotatable bonds is 4. The minimum Gasteiger partial charge on any atom is -0.352 e. The maximum absolute atomic E-state index is 12.0. The Morgan fingerprint density at radius 3 is 2.67 bits per heavy atom. The topological polar surface area (TPSA) is 79.4 Å². The van der Waals surface area contributed by atoms with Gasteiger partial charge in [-0.3, -0.25) is 9.78 Å². The summed E-state index contributed by atoms with van der Waals surface area (Å²) >= 11 is 3.28. The van der Waals surface area contributed by atoms with Crippen LogP contribution >= 0.6 is 15.9 Å². The van der Waals surface area contributed by atoms with Crippen LogP contribution in [0.4, 0.5) is 0 Å². The van der Waals surface area contributed by atoms with Crippen molar-refractivity contribution in [1.29, 1.82) is 0 Å². The summed E-state index contributed by atoms with van der Waals surface area (Å²) in [4.78, 5) is 15.9. The third kappa shape index (κ3) is 4.76. The SMILES string of the molecule is CS(=O)(=O)N1CCC(CNC(=O)c2cncc(Br)c2)CC1. The Hall–Kier alpha value is -0.990. The molecule has 1 fully saturated rings. The predicted octanol–water partition coefficient (Wildman–Crippen LogP) is 1.25. The Labute approximate surface area is 133 Å². The van der Waals surface area contributed by atoms with E-state index in [1.807, 2.05) is 0 Å². The maximum atomic E-state index is 12.0. The van der Waals surface area contributed by atoms with Gasteiger partial charge in [-0.25, -0.2) is 12.7 Å². The zero-order valence-corrected chi connectivity index (χ0v) is 14.2. The Bertz CT molecular complexity index is 613. The lowest BCUT2D eigenvalue weighted by atomic mass is 9.98. The molecule has 0 unspecified atom stereocenters. The molecule has 116 valence electrons. The molecule has 0 atom stereocenters. The van der Waals surface area contributed by atoms with Gasteiger partial charge in [0, 0.05) is 36.5 Å². The molecule has 1 aliphatic heterocycles. The van der Waals surface area contributed by atoms with E-state index < -0.39 is 10.0 Å². The second kappa shape index (κ2) is 6.85. The van der Waals surface area contributed by atoms with Crippen LogP contribution in [0.2, 0.25) is 0 Å². The molecule has 0 aliphatic carbocycles. The van der Waals surface area contributed by atoms with E-state index in [0.29, 0.717) is 31.1 Å². The fourth-order valence-electron chi connectivity index (χ4n) is 2.32. The fourth-order valence-corrected chi connectivity index (χ4v) is 3.56. The zero-order valence-electron chi connectivity index (χ0n) is 11.8. The molecule has 1 aromatic heterocycles. The van der Waals surface area contributed by atoms with Crippen LogP contribution < -0.4 is 5.32 Å². The molecule has 1 N–H and O–H groups in total. The van der Waals surface area contributed by atoms with Crippen molar-refractivity contribution in [3.05, 3.63) is 28.5 Å². The molecule has 0 bridgehead atoms. The summed E-state index contributed by atoms with van der Waals surface area (Å²) in [7, 11) is -3.10. The highest BCUT2D eigenvalue weighted by Gasteiger charge is 2.25. The minimum atomic E-state index is -3.10. The van der Waals surface area contributed by atoms with Gasteiger partial charge < -0.3 is 5.32 Å². The quantitative estimate of drug-likeness (QED) is 0.858. The highest BCUT2D eigenvalue weighted by molar-refractivity contribution is 9.10. The van der Waals surface area contributed by atoms with Crippen molar-refractivity contribution in [3.8, 4) is 0 Å². The normalized spacial score (nSPS) is 17.6. The first-order valence-electron chi connectivity index (χ1n) is 6.70. The van der Waals surface area contributed by atoms with Gasteiger partial charge in [0.25, 0.3) is 5.91 Å². The molecule has 1 aromatic rings. The van der Waals surface area contributed by atoms with Gasteiger partial charge in [-0.2, -0.15) is 0 Å². The fraction of sp³-hybridized carbons (Fsp3) is 0.538. The molecule has 0 aromatic carbocycles. The molecule has 0 radical (unpaired) electrons. The van der Waals surface area contributed by atoms with Crippen molar-refractivity contribution in [2.75, 3.05) is 25.9 Å². The lowest BCUT2D eigenvalue weighted by molar-refractivity contribution is 0.0941. The standard InChI is InChI=1S/C13H18BrN3O3S/c1-21(19,20)17-4-2-10(3-5-17)7-16-13(18)11-6-12(14)9-15-8-11/h6,8-10H,2-5,7H2,1H3,(H,16,18). The summed E-state index contributed by atoms with van der Waals surface area (Å²) in [5.41, 5.74) is 0.512. The molecule has 8 heteroatoms. The summed E-state index contributed by atoms with van der Waals surface area (Å²) in [5, 5.41) is 2.88. The van der Waals surface area contributed by atoms with Gasteiger partial charge in [0.1, 0.15) is 0 Å². The van der Waals surface area contributed by atoms with Gasteiger partial charge in [0.05, 0.1) is 11.8 Å². The Balaban J connectivity index is 1.81. The van der Waals surface area contributed by atoms with Crippen molar-refractivity contribution < 1.29 is 13.2 Å². The monoisotopic (exact) mass is 375 g/mol. The van der Waals surface area contributed by atoms with E-state index in [0.717, 1.165) is 17.3 Å². The van der Waals surface area contributed by atoms with E-state index in [9.17, 15) is 13.2 Å². The van der Waals surface area contributed by atoms with Crippen molar-refractivity contribution in [2.24, 2.45) is 5.92 Å². The van der Waals surface area contributed by atoms with E-state index in [4.69, 9.17) is 0 Å². The highest BCUT2D eigenvalue weighted by Crippen LogP contribution is 2.18. The molecule has 1 aliphatic rings. The van der Waals surface area contributed by atoms with Crippen LogP contribution in [-0.4, -0.2) is 49.5 Å². The number of nitrogens with one attached hydrogen (secondary N) is 1. The average molecular weight is 376 g/mol. The van der Waals surface area contributed by atoms with Gasteiger partial charge in [0.15, 0.2) is 0 Å². The number of nitrogens with zero attached hydrogens (tertiary/aromatic N) is 2. The van der Waals surface area contributed by atoms with Gasteiger partial charge in [-0.05, 0) is 40.8 Å². The third-order valence-corrected chi connectivity index (χ3v) is 5.30. The lowest BCUT2D eigenvalue weighted by Crippen LogP contribution is -2.41. The number of carbonyl (C=O) groups is 1. The Morgan fingerprint density at radius 2 is 2.10 bits per heavy atom. The van der Waals surface area contributed by atoms with Crippen LogP contribution in [0.5, 0.6) is 0 Å². The smallest absolute Gasteiger partial charge is 0.252 e. The second-order valence-electron chi connectivity index (χ2n) is 5.21. The number of hydrogen-bond donors (Lipinski definition) is 1. The first kappa shape index (κ1) is 16.4. The van der Waals surface area contributed by atoms with E-state index in [1.54, 1.807) is 12.3 Å². The van der Waals surface area contributed by atoms with Crippen molar-refractivity contribution in [1.82, 2.24) is 14.6 Å². The molecule has 21 heavy (non-hydrogen) atoms. The number of sulfonamides is 1. The lowest BCUT2D eigenvalue weighted by Gasteiger charge is -2.30. The Kier molecular flexibility index (Phi) is 5.34. The summed E-state index contributed by atoms with van der Waals surface area (Å²) in [6.07, 6.45) is 5.91. The molecule has 2 rings (SSSR count). The van der Waals surface area contributed by atoms with E-state index >= 15 is 0 Å². The summed E-state index contributed by atoms with van der Waals surface area (Å²) in [6, 6.07) is 1.72. The average Bonchev–Trinajstić information content (AvgIpc) is 2.44. The van der Waals surface area contributed by atoms with Crippen LogP contribution in [0, 0.1) is 5.92 Å². The summed E-state index contributed by atoms with van der Waals surface area (Å²) < 4.78 is 25.1. The first-order valence-corrected chi connectivity index (χ1v) is 9.34. The molecule has 6 nitrogen and oxygen atoms in total. The highest BCUT2D eigenvalue weighted by atomic mass is 79.9.